The highest BCUT2D eigenvalue weighted by molar-refractivity contribution is 6.14. The molecule has 1 heterocycles. The van der Waals surface area contributed by atoms with Gasteiger partial charge < -0.3 is 19.6 Å². The van der Waals surface area contributed by atoms with Crippen LogP contribution in [0.25, 0.3) is 6.08 Å². The number of allylic oxidation sites excluding steroid dienone is 1. The molecule has 0 fully saturated rings. The molecule has 0 radical (unpaired) electrons. The number of carbonyl (C=O) groups excluding carboxylic acids is 2. The molecule has 1 unspecified atom stereocenters. The lowest BCUT2D eigenvalue weighted by Crippen LogP contribution is -2.33. The normalized spacial score (nSPS) is 16.3. The zero-order chi connectivity index (χ0) is 23.8. The molecule has 1 aliphatic heterocycles. The molecule has 0 aromatic heterocycles. The van der Waals surface area contributed by atoms with Crippen LogP contribution in [0.4, 0.5) is 0 Å². The van der Waals surface area contributed by atoms with Gasteiger partial charge in [0.2, 0.25) is 0 Å². The van der Waals surface area contributed by atoms with Gasteiger partial charge in [0.05, 0.1) is 18.2 Å². The van der Waals surface area contributed by atoms with Gasteiger partial charge in [0, 0.05) is 6.54 Å². The number of hydrogen-bond acceptors (Lipinski definition) is 5. The first-order chi connectivity index (χ1) is 15.9. The fourth-order valence-electron chi connectivity index (χ4n) is 3.83. The molecular weight excluding hydrogens is 416 g/mol. The Balaban J connectivity index is 1.91. The van der Waals surface area contributed by atoms with Crippen LogP contribution >= 0.6 is 0 Å². The van der Waals surface area contributed by atoms with Crippen LogP contribution in [0.2, 0.25) is 0 Å². The molecule has 1 atom stereocenters. The van der Waals surface area contributed by atoms with Gasteiger partial charge in [-0.15, -0.1) is 0 Å². The van der Waals surface area contributed by atoms with Crippen LogP contribution in [0.3, 0.4) is 0 Å². The summed E-state index contributed by atoms with van der Waals surface area (Å²) < 4.78 is 5.67. The average molecular weight is 449 g/mol. The SMILES string of the molecule is CCCOc1ccc(C2C(C(=O)/C=C/c3ccccc3)=C(O)C(=O)N2CCCN(C)C)cc1. The summed E-state index contributed by atoms with van der Waals surface area (Å²) in [5, 5.41) is 10.7. The van der Waals surface area contributed by atoms with E-state index in [4.69, 9.17) is 4.74 Å². The summed E-state index contributed by atoms with van der Waals surface area (Å²) in [7, 11) is 3.94. The van der Waals surface area contributed by atoms with Crippen LogP contribution in [0.1, 0.15) is 36.9 Å². The van der Waals surface area contributed by atoms with Gasteiger partial charge in [0.1, 0.15) is 5.75 Å². The van der Waals surface area contributed by atoms with Gasteiger partial charge >= 0.3 is 0 Å². The number of ether oxygens (including phenoxy) is 1. The van der Waals surface area contributed by atoms with E-state index in [1.165, 1.54) is 6.08 Å². The first-order valence-electron chi connectivity index (χ1n) is 11.3. The van der Waals surface area contributed by atoms with Crippen LogP contribution < -0.4 is 4.74 Å². The van der Waals surface area contributed by atoms with E-state index in [1.807, 2.05) is 80.5 Å². The Morgan fingerprint density at radius 3 is 2.45 bits per heavy atom. The van der Waals surface area contributed by atoms with Gasteiger partial charge in [-0.25, -0.2) is 0 Å². The molecule has 6 heteroatoms. The van der Waals surface area contributed by atoms with E-state index in [0.717, 1.165) is 36.3 Å². The van der Waals surface area contributed by atoms with E-state index >= 15 is 0 Å². The maximum atomic E-state index is 13.2. The molecule has 1 aliphatic rings. The zero-order valence-corrected chi connectivity index (χ0v) is 19.5. The summed E-state index contributed by atoms with van der Waals surface area (Å²) in [6, 6.07) is 16.2. The third kappa shape index (κ3) is 6.11. The summed E-state index contributed by atoms with van der Waals surface area (Å²) in [4.78, 5) is 29.8. The van der Waals surface area contributed by atoms with E-state index in [-0.39, 0.29) is 11.4 Å². The molecule has 3 rings (SSSR count). The average Bonchev–Trinajstić information content (AvgIpc) is 3.07. The number of hydrogen-bond donors (Lipinski definition) is 1. The number of ketones is 1. The second kappa shape index (κ2) is 11.5. The molecule has 0 saturated carbocycles. The zero-order valence-electron chi connectivity index (χ0n) is 19.5. The topological polar surface area (TPSA) is 70.1 Å². The Morgan fingerprint density at radius 1 is 1.12 bits per heavy atom. The van der Waals surface area contributed by atoms with E-state index in [1.54, 1.807) is 11.0 Å². The highest BCUT2D eigenvalue weighted by atomic mass is 16.5. The third-order valence-electron chi connectivity index (χ3n) is 5.47. The van der Waals surface area contributed by atoms with Gasteiger partial charge in [-0.05, 0) is 62.8 Å². The van der Waals surface area contributed by atoms with Crippen molar-refractivity contribution < 1.29 is 19.4 Å². The Kier molecular flexibility index (Phi) is 8.44. The quantitative estimate of drug-likeness (QED) is 0.516. The predicted molar refractivity (Wildman–Crippen MR) is 130 cm³/mol. The van der Waals surface area contributed by atoms with Crippen molar-refractivity contribution in [3.05, 3.63) is 83.1 Å². The lowest BCUT2D eigenvalue weighted by atomic mass is 9.95. The van der Waals surface area contributed by atoms with Crippen molar-refractivity contribution in [3.63, 3.8) is 0 Å². The molecule has 1 amide bonds. The first-order valence-corrected chi connectivity index (χ1v) is 11.3. The van der Waals surface area contributed by atoms with Gasteiger partial charge in [0.15, 0.2) is 11.5 Å². The lowest BCUT2D eigenvalue weighted by molar-refractivity contribution is -0.129. The van der Waals surface area contributed by atoms with E-state index in [9.17, 15) is 14.7 Å². The summed E-state index contributed by atoms with van der Waals surface area (Å²) >= 11 is 0. The number of rotatable bonds is 11. The van der Waals surface area contributed by atoms with Crippen molar-refractivity contribution in [2.24, 2.45) is 0 Å². The fourth-order valence-corrected chi connectivity index (χ4v) is 3.83. The Labute approximate surface area is 195 Å². The van der Waals surface area contributed by atoms with Crippen molar-refractivity contribution in [1.29, 1.82) is 0 Å². The van der Waals surface area contributed by atoms with Crippen LogP contribution in [-0.4, -0.2) is 60.4 Å². The molecule has 0 spiro atoms. The highest BCUT2D eigenvalue weighted by Gasteiger charge is 2.42. The Bertz CT molecular complexity index is 1010. The Morgan fingerprint density at radius 2 is 1.82 bits per heavy atom. The van der Waals surface area contributed by atoms with Gasteiger partial charge in [-0.3, -0.25) is 9.59 Å². The molecule has 6 nitrogen and oxygen atoms in total. The summed E-state index contributed by atoms with van der Waals surface area (Å²) in [5.74, 6) is -0.634. The fraction of sp³-hybridized carbons (Fsp3) is 0.333. The minimum atomic E-state index is -0.646. The van der Waals surface area contributed by atoms with Crippen molar-refractivity contribution in [2.45, 2.75) is 25.8 Å². The minimum absolute atomic E-state index is 0.110. The second-order valence-corrected chi connectivity index (χ2v) is 8.35. The molecule has 174 valence electrons. The van der Waals surface area contributed by atoms with Gasteiger partial charge in [-0.2, -0.15) is 0 Å². The molecule has 0 aliphatic carbocycles. The summed E-state index contributed by atoms with van der Waals surface area (Å²) in [6.45, 7) is 3.88. The highest BCUT2D eigenvalue weighted by Crippen LogP contribution is 2.38. The number of nitrogens with zero attached hydrogens (tertiary/aromatic N) is 2. The predicted octanol–water partition coefficient (Wildman–Crippen LogP) is 4.41. The van der Waals surface area contributed by atoms with Crippen molar-refractivity contribution in [2.75, 3.05) is 33.8 Å². The van der Waals surface area contributed by atoms with Gasteiger partial charge in [-0.1, -0.05) is 55.5 Å². The number of aliphatic hydroxyl groups excluding tert-OH is 1. The molecule has 2 aromatic carbocycles. The van der Waals surface area contributed by atoms with Crippen molar-refractivity contribution in [1.82, 2.24) is 9.80 Å². The van der Waals surface area contributed by atoms with E-state index < -0.39 is 17.7 Å². The van der Waals surface area contributed by atoms with Crippen LogP contribution in [0.15, 0.2) is 72.0 Å². The number of benzene rings is 2. The number of carbonyl (C=O) groups is 2. The smallest absolute Gasteiger partial charge is 0.290 e. The van der Waals surface area contributed by atoms with Crippen molar-refractivity contribution in [3.8, 4) is 5.75 Å². The van der Waals surface area contributed by atoms with Gasteiger partial charge in [0.25, 0.3) is 5.91 Å². The van der Waals surface area contributed by atoms with E-state index in [0.29, 0.717) is 13.2 Å². The van der Waals surface area contributed by atoms with E-state index in [2.05, 4.69) is 0 Å². The first kappa shape index (κ1) is 24.3. The lowest BCUT2D eigenvalue weighted by Gasteiger charge is -2.27. The molecule has 1 N–H and O–H groups in total. The minimum Gasteiger partial charge on any atom is -0.503 e. The molecule has 0 saturated heterocycles. The van der Waals surface area contributed by atoms with Crippen LogP contribution in [0, 0.1) is 0 Å². The Hall–Kier alpha value is -3.38. The molecule has 33 heavy (non-hydrogen) atoms. The maximum Gasteiger partial charge on any atom is 0.290 e. The second-order valence-electron chi connectivity index (χ2n) is 8.35. The molecule has 2 aromatic rings. The summed E-state index contributed by atoms with van der Waals surface area (Å²) in [5.41, 5.74) is 1.74. The van der Waals surface area contributed by atoms with Crippen LogP contribution in [-0.2, 0) is 9.59 Å². The largest absolute Gasteiger partial charge is 0.503 e. The summed E-state index contributed by atoms with van der Waals surface area (Å²) in [6.07, 6.45) is 4.74. The molecular formula is C27H32N2O4. The third-order valence-corrected chi connectivity index (χ3v) is 5.47. The number of amides is 1. The standard InChI is InChI=1S/C27H32N2O4/c1-4-19-33-22-14-12-21(13-15-22)25-24(23(30)16-11-20-9-6-5-7-10-20)26(31)27(32)29(25)18-8-17-28(2)3/h5-7,9-16,25,31H,4,8,17-19H2,1-3H3/b16-11+. The number of aliphatic hydroxyl groups is 1. The maximum absolute atomic E-state index is 13.2. The van der Waals surface area contributed by atoms with Crippen molar-refractivity contribution >= 4 is 17.8 Å². The molecule has 0 bridgehead atoms. The monoisotopic (exact) mass is 448 g/mol. The van der Waals surface area contributed by atoms with Crippen LogP contribution in [0.5, 0.6) is 5.75 Å².